The summed E-state index contributed by atoms with van der Waals surface area (Å²) in [5.41, 5.74) is 2.15. The number of rotatable bonds is 7. The minimum absolute atomic E-state index is 0.379. The normalized spacial score (nSPS) is 12.2. The van der Waals surface area contributed by atoms with Gasteiger partial charge in [0.15, 0.2) is 0 Å². The molecule has 0 aromatic heterocycles. The second kappa shape index (κ2) is 7.13. The summed E-state index contributed by atoms with van der Waals surface area (Å²) in [5.74, 6) is 0. The molecule has 94 valence electrons. The van der Waals surface area contributed by atoms with Crippen molar-refractivity contribution < 1.29 is 5.11 Å². The highest BCUT2D eigenvalue weighted by atomic mass is 16.3. The van der Waals surface area contributed by atoms with Crippen LogP contribution in [0, 0.1) is 0 Å². The molecule has 0 unspecified atom stereocenters. The summed E-state index contributed by atoms with van der Waals surface area (Å²) in [4.78, 5) is 2.27. The van der Waals surface area contributed by atoms with Crippen molar-refractivity contribution in [3.05, 3.63) is 42.5 Å². The molecule has 1 aromatic carbocycles. The van der Waals surface area contributed by atoms with E-state index < -0.39 is 0 Å². The van der Waals surface area contributed by atoms with Crippen LogP contribution in [0.3, 0.4) is 0 Å². The minimum atomic E-state index is -0.379. The van der Waals surface area contributed by atoms with Gasteiger partial charge < -0.3 is 10.0 Å². The highest BCUT2D eigenvalue weighted by Crippen LogP contribution is 2.28. The summed E-state index contributed by atoms with van der Waals surface area (Å²) < 4.78 is 0. The summed E-state index contributed by atoms with van der Waals surface area (Å²) in [6.45, 7) is 9.77. The number of nitrogens with zero attached hydrogens (tertiary/aromatic N) is 1. The lowest BCUT2D eigenvalue weighted by molar-refractivity contribution is 0.174. The van der Waals surface area contributed by atoms with Crippen LogP contribution in [0.1, 0.15) is 38.4 Å². The Morgan fingerprint density at radius 1 is 1.35 bits per heavy atom. The average Bonchev–Trinajstić information content (AvgIpc) is 2.37. The molecule has 0 saturated heterocycles. The van der Waals surface area contributed by atoms with Gasteiger partial charge in [0.05, 0.1) is 6.10 Å². The zero-order valence-electron chi connectivity index (χ0n) is 10.9. The molecule has 1 rings (SSSR count). The molecule has 0 aliphatic carbocycles. The molecule has 0 aliphatic rings. The summed E-state index contributed by atoms with van der Waals surface area (Å²) in [6, 6.07) is 8.09. The molecule has 1 aromatic rings. The van der Waals surface area contributed by atoms with E-state index in [0.717, 1.165) is 37.2 Å². The molecule has 2 heteroatoms. The van der Waals surface area contributed by atoms with Gasteiger partial charge in [0, 0.05) is 24.3 Å². The van der Waals surface area contributed by atoms with E-state index >= 15 is 0 Å². The van der Waals surface area contributed by atoms with E-state index in [9.17, 15) is 5.11 Å². The second-order valence-corrected chi connectivity index (χ2v) is 4.22. The van der Waals surface area contributed by atoms with Gasteiger partial charge in [-0.25, -0.2) is 0 Å². The van der Waals surface area contributed by atoms with Crippen LogP contribution in [0.5, 0.6) is 0 Å². The predicted molar refractivity (Wildman–Crippen MR) is 74.4 cm³/mol. The van der Waals surface area contributed by atoms with Crippen LogP contribution in [-0.2, 0) is 0 Å². The molecule has 1 N–H and O–H groups in total. The summed E-state index contributed by atoms with van der Waals surface area (Å²) >= 11 is 0. The highest BCUT2D eigenvalue weighted by Gasteiger charge is 2.13. The van der Waals surface area contributed by atoms with Crippen LogP contribution in [0.2, 0.25) is 0 Å². The van der Waals surface area contributed by atoms with Gasteiger partial charge in [-0.05, 0) is 18.9 Å². The molecule has 0 saturated carbocycles. The van der Waals surface area contributed by atoms with Gasteiger partial charge in [0.25, 0.3) is 0 Å². The zero-order valence-corrected chi connectivity index (χ0v) is 10.9. The Bertz CT molecular complexity index is 349. The lowest BCUT2D eigenvalue weighted by atomic mass is 10.0. The topological polar surface area (TPSA) is 23.5 Å². The third kappa shape index (κ3) is 3.60. The van der Waals surface area contributed by atoms with E-state index in [2.05, 4.69) is 24.5 Å². The third-order valence-corrected chi connectivity index (χ3v) is 2.87. The molecule has 0 amide bonds. The number of aliphatic hydroxyl groups excluding tert-OH is 1. The first-order valence-corrected chi connectivity index (χ1v) is 6.37. The maximum atomic E-state index is 10.0. The van der Waals surface area contributed by atoms with Crippen molar-refractivity contribution in [2.75, 3.05) is 18.0 Å². The van der Waals surface area contributed by atoms with Crippen molar-refractivity contribution in [3.8, 4) is 0 Å². The van der Waals surface area contributed by atoms with Gasteiger partial charge in [-0.3, -0.25) is 0 Å². The molecule has 0 heterocycles. The van der Waals surface area contributed by atoms with E-state index in [1.807, 2.05) is 31.2 Å². The molecule has 17 heavy (non-hydrogen) atoms. The van der Waals surface area contributed by atoms with E-state index in [-0.39, 0.29) is 6.10 Å². The molecule has 0 bridgehead atoms. The molecular formula is C15H23NO. The van der Waals surface area contributed by atoms with Crippen molar-refractivity contribution in [2.45, 2.75) is 32.8 Å². The summed E-state index contributed by atoms with van der Waals surface area (Å²) in [7, 11) is 0. The monoisotopic (exact) mass is 233 g/mol. The Labute approximate surface area is 105 Å². The van der Waals surface area contributed by atoms with E-state index in [0.29, 0.717) is 0 Å². The van der Waals surface area contributed by atoms with Gasteiger partial charge in [0.2, 0.25) is 0 Å². The Balaban J connectivity index is 3.03. The average molecular weight is 233 g/mol. The van der Waals surface area contributed by atoms with Crippen molar-refractivity contribution in [1.82, 2.24) is 0 Å². The molecular weight excluding hydrogens is 210 g/mol. The maximum Gasteiger partial charge on any atom is 0.0807 e. The SMILES string of the molecule is C=CCN(CCC)c1ccccc1[C@H](O)CC. The molecule has 0 spiro atoms. The lowest BCUT2D eigenvalue weighted by Gasteiger charge is -2.27. The van der Waals surface area contributed by atoms with Gasteiger partial charge in [0.1, 0.15) is 0 Å². The van der Waals surface area contributed by atoms with Gasteiger partial charge in [-0.15, -0.1) is 6.58 Å². The van der Waals surface area contributed by atoms with Crippen LogP contribution in [0.15, 0.2) is 36.9 Å². The van der Waals surface area contributed by atoms with Crippen LogP contribution in [0.4, 0.5) is 5.69 Å². The van der Waals surface area contributed by atoms with Crippen molar-refractivity contribution in [3.63, 3.8) is 0 Å². The first-order chi connectivity index (χ1) is 8.24. The minimum Gasteiger partial charge on any atom is -0.388 e. The lowest BCUT2D eigenvalue weighted by Crippen LogP contribution is -2.25. The first-order valence-electron chi connectivity index (χ1n) is 6.37. The standard InChI is InChI=1S/C15H23NO/c1-4-11-16(12-5-2)14-10-8-7-9-13(14)15(17)6-3/h4,7-10,15,17H,1,5-6,11-12H2,2-3H3/t15-/m1/s1. The van der Waals surface area contributed by atoms with Crippen LogP contribution in [-0.4, -0.2) is 18.2 Å². The fraction of sp³-hybridized carbons (Fsp3) is 0.467. The largest absolute Gasteiger partial charge is 0.388 e. The molecule has 1 atom stereocenters. The van der Waals surface area contributed by atoms with Crippen molar-refractivity contribution in [1.29, 1.82) is 0 Å². The fourth-order valence-corrected chi connectivity index (χ4v) is 2.01. The number of benzene rings is 1. The van der Waals surface area contributed by atoms with Gasteiger partial charge >= 0.3 is 0 Å². The Morgan fingerprint density at radius 2 is 2.06 bits per heavy atom. The van der Waals surface area contributed by atoms with Gasteiger partial charge in [-0.1, -0.05) is 38.1 Å². The number of para-hydroxylation sites is 1. The number of aliphatic hydroxyl groups is 1. The highest BCUT2D eigenvalue weighted by molar-refractivity contribution is 5.55. The number of hydrogen-bond acceptors (Lipinski definition) is 2. The third-order valence-electron chi connectivity index (χ3n) is 2.87. The molecule has 0 aliphatic heterocycles. The van der Waals surface area contributed by atoms with Crippen LogP contribution >= 0.6 is 0 Å². The molecule has 0 fully saturated rings. The van der Waals surface area contributed by atoms with E-state index in [1.54, 1.807) is 0 Å². The zero-order chi connectivity index (χ0) is 12.7. The Morgan fingerprint density at radius 3 is 2.65 bits per heavy atom. The first kappa shape index (κ1) is 13.8. The Kier molecular flexibility index (Phi) is 5.78. The number of hydrogen-bond donors (Lipinski definition) is 1. The van der Waals surface area contributed by atoms with Crippen molar-refractivity contribution >= 4 is 5.69 Å². The Hall–Kier alpha value is -1.28. The summed E-state index contributed by atoms with van der Waals surface area (Å²) in [6.07, 6.45) is 3.36. The van der Waals surface area contributed by atoms with Crippen molar-refractivity contribution in [2.24, 2.45) is 0 Å². The number of anilines is 1. The fourth-order valence-electron chi connectivity index (χ4n) is 2.01. The van der Waals surface area contributed by atoms with E-state index in [1.165, 1.54) is 0 Å². The summed E-state index contributed by atoms with van der Waals surface area (Å²) in [5, 5.41) is 10.0. The maximum absolute atomic E-state index is 10.0. The predicted octanol–water partition coefficient (Wildman–Crippen LogP) is 3.53. The van der Waals surface area contributed by atoms with Crippen LogP contribution in [0.25, 0.3) is 0 Å². The van der Waals surface area contributed by atoms with E-state index in [4.69, 9.17) is 0 Å². The second-order valence-electron chi connectivity index (χ2n) is 4.22. The quantitative estimate of drug-likeness (QED) is 0.728. The molecule has 0 radical (unpaired) electrons. The molecule has 2 nitrogen and oxygen atoms in total. The smallest absolute Gasteiger partial charge is 0.0807 e. The van der Waals surface area contributed by atoms with Gasteiger partial charge in [-0.2, -0.15) is 0 Å². The van der Waals surface area contributed by atoms with Crippen LogP contribution < -0.4 is 4.90 Å².